The van der Waals surface area contributed by atoms with Crippen molar-refractivity contribution < 1.29 is 8.42 Å². The predicted octanol–water partition coefficient (Wildman–Crippen LogP) is 0.189. The number of pyridine rings is 1. The van der Waals surface area contributed by atoms with Crippen LogP contribution in [0.1, 0.15) is 0 Å². The van der Waals surface area contributed by atoms with Gasteiger partial charge in [0, 0.05) is 23.9 Å². The van der Waals surface area contributed by atoms with Gasteiger partial charge in [-0.25, -0.2) is 18.2 Å². The molecular weight excluding hydrogens is 242 g/mol. The standard InChI is InChI=1S/C7H6ClN3O3S/c1-11-6-5(10-7(11)12)2-4(3-9-6)15(8,13)14/h2-3H,1H3,(H,10,12). The highest BCUT2D eigenvalue weighted by molar-refractivity contribution is 8.13. The molecule has 0 saturated carbocycles. The van der Waals surface area contributed by atoms with Gasteiger partial charge in [-0.15, -0.1) is 0 Å². The smallest absolute Gasteiger partial charge is 0.304 e. The number of aryl methyl sites for hydroxylation is 1. The van der Waals surface area contributed by atoms with Crippen LogP contribution in [0.25, 0.3) is 11.2 Å². The van der Waals surface area contributed by atoms with Crippen molar-refractivity contribution in [3.8, 4) is 0 Å². The van der Waals surface area contributed by atoms with Gasteiger partial charge in [-0.2, -0.15) is 0 Å². The predicted molar refractivity (Wildman–Crippen MR) is 54.4 cm³/mol. The first-order chi connectivity index (χ1) is 6.89. The average Bonchev–Trinajstić information content (AvgIpc) is 2.41. The van der Waals surface area contributed by atoms with Gasteiger partial charge < -0.3 is 4.98 Å². The van der Waals surface area contributed by atoms with Crippen LogP contribution in [-0.4, -0.2) is 23.0 Å². The summed E-state index contributed by atoms with van der Waals surface area (Å²) in [6, 6.07) is 1.27. The molecular formula is C7H6ClN3O3S. The number of fused-ring (bicyclic) bond motifs is 1. The first-order valence-electron chi connectivity index (χ1n) is 3.89. The number of imidazole rings is 1. The molecule has 2 aromatic heterocycles. The molecule has 80 valence electrons. The molecule has 2 rings (SSSR count). The van der Waals surface area contributed by atoms with Gasteiger partial charge in [0.25, 0.3) is 9.05 Å². The van der Waals surface area contributed by atoms with Crippen molar-refractivity contribution in [1.29, 1.82) is 0 Å². The van der Waals surface area contributed by atoms with E-state index in [-0.39, 0.29) is 10.6 Å². The van der Waals surface area contributed by atoms with Crippen LogP contribution in [0.2, 0.25) is 0 Å². The van der Waals surface area contributed by atoms with E-state index in [1.807, 2.05) is 0 Å². The van der Waals surface area contributed by atoms with Gasteiger partial charge >= 0.3 is 5.69 Å². The summed E-state index contributed by atoms with van der Waals surface area (Å²) >= 11 is 0. The van der Waals surface area contributed by atoms with E-state index in [2.05, 4.69) is 9.97 Å². The van der Waals surface area contributed by atoms with Crippen molar-refractivity contribution in [1.82, 2.24) is 14.5 Å². The number of aromatic nitrogens is 3. The quantitative estimate of drug-likeness (QED) is 0.729. The number of nitrogens with zero attached hydrogens (tertiary/aromatic N) is 2. The molecule has 0 aliphatic heterocycles. The summed E-state index contributed by atoms with van der Waals surface area (Å²) in [7, 11) is 2.85. The van der Waals surface area contributed by atoms with E-state index >= 15 is 0 Å². The maximum absolute atomic E-state index is 11.2. The fourth-order valence-electron chi connectivity index (χ4n) is 1.23. The Bertz CT molecular complexity index is 685. The van der Waals surface area contributed by atoms with E-state index < -0.39 is 9.05 Å². The monoisotopic (exact) mass is 247 g/mol. The maximum atomic E-state index is 11.2. The van der Waals surface area contributed by atoms with E-state index in [1.165, 1.54) is 17.7 Å². The van der Waals surface area contributed by atoms with Crippen LogP contribution in [0, 0.1) is 0 Å². The largest absolute Gasteiger partial charge is 0.327 e. The lowest BCUT2D eigenvalue weighted by Crippen LogP contribution is -2.12. The number of aromatic amines is 1. The molecule has 0 radical (unpaired) electrons. The second-order valence-electron chi connectivity index (χ2n) is 2.97. The number of rotatable bonds is 1. The van der Waals surface area contributed by atoms with E-state index in [1.54, 1.807) is 0 Å². The van der Waals surface area contributed by atoms with Gasteiger partial charge in [0.2, 0.25) is 0 Å². The molecule has 0 amide bonds. The Kier molecular flexibility index (Phi) is 2.09. The lowest BCUT2D eigenvalue weighted by Gasteiger charge is -1.95. The summed E-state index contributed by atoms with van der Waals surface area (Å²) in [4.78, 5) is 17.3. The van der Waals surface area contributed by atoms with Crippen molar-refractivity contribution in [3.63, 3.8) is 0 Å². The Hall–Kier alpha value is -1.34. The van der Waals surface area contributed by atoms with Crippen LogP contribution in [-0.2, 0) is 16.1 Å². The van der Waals surface area contributed by atoms with Gasteiger partial charge in [-0.1, -0.05) is 0 Å². The van der Waals surface area contributed by atoms with Gasteiger partial charge in [-0.05, 0) is 6.07 Å². The summed E-state index contributed by atoms with van der Waals surface area (Å²) in [5, 5.41) is 0. The molecule has 0 unspecified atom stereocenters. The fraction of sp³-hybridized carbons (Fsp3) is 0.143. The van der Waals surface area contributed by atoms with Crippen LogP contribution in [0.4, 0.5) is 0 Å². The number of hydrogen-bond donors (Lipinski definition) is 1. The molecule has 8 heteroatoms. The second-order valence-corrected chi connectivity index (χ2v) is 5.54. The zero-order chi connectivity index (χ0) is 11.2. The Morgan fingerprint density at radius 1 is 1.53 bits per heavy atom. The van der Waals surface area contributed by atoms with Crippen LogP contribution in [0.5, 0.6) is 0 Å². The minimum atomic E-state index is -3.82. The van der Waals surface area contributed by atoms with Gasteiger partial charge in [0.1, 0.15) is 4.90 Å². The van der Waals surface area contributed by atoms with Crippen LogP contribution < -0.4 is 5.69 Å². The molecule has 2 heterocycles. The Morgan fingerprint density at radius 2 is 2.20 bits per heavy atom. The van der Waals surface area contributed by atoms with Gasteiger partial charge in [-0.3, -0.25) is 4.57 Å². The van der Waals surface area contributed by atoms with Crippen molar-refractivity contribution in [2.75, 3.05) is 0 Å². The molecule has 0 saturated heterocycles. The molecule has 0 spiro atoms. The molecule has 0 fully saturated rings. The van der Waals surface area contributed by atoms with E-state index in [9.17, 15) is 13.2 Å². The molecule has 0 aliphatic rings. The summed E-state index contributed by atoms with van der Waals surface area (Å²) < 4.78 is 23.3. The number of halogens is 1. The fourth-order valence-corrected chi connectivity index (χ4v) is 1.92. The molecule has 0 aromatic carbocycles. The Morgan fingerprint density at radius 3 is 2.80 bits per heavy atom. The molecule has 1 N–H and O–H groups in total. The van der Waals surface area contributed by atoms with Crippen molar-refractivity contribution >= 4 is 30.9 Å². The third kappa shape index (κ3) is 1.64. The van der Waals surface area contributed by atoms with Crippen molar-refractivity contribution in [2.24, 2.45) is 7.05 Å². The average molecular weight is 248 g/mol. The molecule has 0 aliphatic carbocycles. The highest BCUT2D eigenvalue weighted by Crippen LogP contribution is 2.16. The Labute approximate surface area is 88.9 Å². The van der Waals surface area contributed by atoms with E-state index in [0.717, 1.165) is 6.20 Å². The summed E-state index contributed by atoms with van der Waals surface area (Å²) in [5.41, 5.74) is 0.356. The molecule has 6 nitrogen and oxygen atoms in total. The third-order valence-corrected chi connectivity index (χ3v) is 3.31. The summed E-state index contributed by atoms with van der Waals surface area (Å²) in [6.45, 7) is 0. The SMILES string of the molecule is Cn1c(=O)[nH]c2cc(S(=O)(=O)Cl)cnc21. The first kappa shape index (κ1) is 10.2. The summed E-state index contributed by atoms with van der Waals surface area (Å²) in [6.07, 6.45) is 1.11. The summed E-state index contributed by atoms with van der Waals surface area (Å²) in [5.74, 6) is 0. The lowest BCUT2D eigenvalue weighted by atomic mass is 10.4. The molecule has 0 atom stereocenters. The first-order valence-corrected chi connectivity index (χ1v) is 6.20. The number of hydrogen-bond acceptors (Lipinski definition) is 4. The zero-order valence-corrected chi connectivity index (χ0v) is 9.13. The van der Waals surface area contributed by atoms with Crippen molar-refractivity contribution in [2.45, 2.75) is 4.90 Å². The number of nitrogens with one attached hydrogen (secondary N) is 1. The van der Waals surface area contributed by atoms with Crippen LogP contribution in [0.3, 0.4) is 0 Å². The maximum Gasteiger partial charge on any atom is 0.327 e. The molecule has 2 aromatic rings. The number of H-pyrrole nitrogens is 1. The van der Waals surface area contributed by atoms with Gasteiger partial charge in [0.15, 0.2) is 5.65 Å². The highest BCUT2D eigenvalue weighted by atomic mass is 35.7. The van der Waals surface area contributed by atoms with Crippen LogP contribution >= 0.6 is 10.7 Å². The van der Waals surface area contributed by atoms with Gasteiger partial charge in [0.05, 0.1) is 5.52 Å². The van der Waals surface area contributed by atoms with Crippen LogP contribution in [0.15, 0.2) is 22.0 Å². The highest BCUT2D eigenvalue weighted by Gasteiger charge is 2.13. The molecule has 0 bridgehead atoms. The Balaban J connectivity index is 2.84. The minimum absolute atomic E-state index is 0.140. The second kappa shape index (κ2) is 3.07. The van der Waals surface area contributed by atoms with Crippen molar-refractivity contribution in [3.05, 3.63) is 22.7 Å². The molecule has 15 heavy (non-hydrogen) atoms. The third-order valence-electron chi connectivity index (χ3n) is 1.99. The van der Waals surface area contributed by atoms with E-state index in [0.29, 0.717) is 11.2 Å². The topological polar surface area (TPSA) is 84.8 Å². The lowest BCUT2D eigenvalue weighted by molar-refractivity contribution is 0.609. The zero-order valence-electron chi connectivity index (χ0n) is 7.56. The minimum Gasteiger partial charge on any atom is -0.304 e. The normalized spacial score (nSPS) is 12.1. The van der Waals surface area contributed by atoms with E-state index in [4.69, 9.17) is 10.7 Å².